The summed E-state index contributed by atoms with van der Waals surface area (Å²) >= 11 is 0. The highest BCUT2D eigenvalue weighted by Gasteiger charge is 2.45. The maximum absolute atomic E-state index is 13.1. The van der Waals surface area contributed by atoms with Crippen LogP contribution in [0.5, 0.6) is 0 Å². The lowest BCUT2D eigenvalue weighted by Crippen LogP contribution is -2.43. The van der Waals surface area contributed by atoms with Crippen molar-refractivity contribution in [1.82, 2.24) is 9.55 Å². The van der Waals surface area contributed by atoms with Crippen molar-refractivity contribution in [2.45, 2.75) is 25.7 Å². The highest BCUT2D eigenvalue weighted by Crippen LogP contribution is 2.37. The molecule has 0 spiro atoms. The topological polar surface area (TPSA) is 81.4 Å². The van der Waals surface area contributed by atoms with Crippen molar-refractivity contribution in [3.8, 4) is 23.2 Å². The predicted octanol–water partition coefficient (Wildman–Crippen LogP) is 1.69. The van der Waals surface area contributed by atoms with Gasteiger partial charge in [-0.3, -0.25) is 4.79 Å². The first-order chi connectivity index (χ1) is 13.0. The van der Waals surface area contributed by atoms with Gasteiger partial charge in [-0.2, -0.15) is 0 Å². The van der Waals surface area contributed by atoms with Gasteiger partial charge in [0.1, 0.15) is 6.61 Å². The largest absolute Gasteiger partial charge is 0.457 e. The molecule has 132 valence electrons. The van der Waals surface area contributed by atoms with Crippen LogP contribution in [0.15, 0.2) is 41.2 Å². The van der Waals surface area contributed by atoms with Gasteiger partial charge in [-0.05, 0) is 25.1 Å². The average molecular weight is 358 g/mol. The molecule has 27 heavy (non-hydrogen) atoms. The Balaban J connectivity index is 1.82. The lowest BCUT2D eigenvalue weighted by Gasteiger charge is -2.28. The summed E-state index contributed by atoms with van der Waals surface area (Å²) in [6.45, 7) is 1.73. The number of pyridine rings is 2. The molecule has 0 fully saturated rings. The SMILES string of the molecule is CC#C[C@@]1(O)C(=O)OCc2c1cc1n(c2=O)Cc2cc3ccccc3nc2-1. The molecule has 2 aliphatic rings. The average Bonchev–Trinajstić information content (AvgIpc) is 3.02. The van der Waals surface area contributed by atoms with E-state index < -0.39 is 11.6 Å². The number of cyclic esters (lactones) is 1. The summed E-state index contributed by atoms with van der Waals surface area (Å²) in [5.74, 6) is 4.19. The van der Waals surface area contributed by atoms with Gasteiger partial charge in [-0.1, -0.05) is 24.1 Å². The van der Waals surface area contributed by atoms with Crippen molar-refractivity contribution >= 4 is 16.9 Å². The Bertz CT molecular complexity index is 1280. The molecule has 0 saturated heterocycles. The summed E-state index contributed by atoms with van der Waals surface area (Å²) < 4.78 is 6.64. The van der Waals surface area contributed by atoms with E-state index in [1.807, 2.05) is 30.3 Å². The second kappa shape index (κ2) is 5.29. The zero-order valence-electron chi connectivity index (χ0n) is 14.4. The van der Waals surface area contributed by atoms with Crippen LogP contribution in [0, 0.1) is 11.8 Å². The number of nitrogens with zero attached hydrogens (tertiary/aromatic N) is 2. The summed E-state index contributed by atoms with van der Waals surface area (Å²) in [5.41, 5.74) is 0.992. The van der Waals surface area contributed by atoms with Gasteiger partial charge in [0.25, 0.3) is 11.2 Å². The van der Waals surface area contributed by atoms with Crippen LogP contribution in [0.25, 0.3) is 22.3 Å². The highest BCUT2D eigenvalue weighted by atomic mass is 16.6. The number of ether oxygens (including phenoxy) is 1. The van der Waals surface area contributed by atoms with E-state index in [-0.39, 0.29) is 23.3 Å². The third kappa shape index (κ3) is 2.03. The van der Waals surface area contributed by atoms with Gasteiger partial charge < -0.3 is 14.4 Å². The molecule has 1 aromatic carbocycles. The van der Waals surface area contributed by atoms with Crippen LogP contribution in [-0.2, 0) is 28.3 Å². The molecule has 1 atom stereocenters. The Morgan fingerprint density at radius 1 is 1.26 bits per heavy atom. The standard InChI is InChI=1S/C21H14N2O4/c1-2-7-21(26)15-9-17-18-13(8-12-5-3-4-6-16(12)22-18)10-23(17)19(24)14(15)11-27-20(21)25/h3-6,8-9,26H,10-11H2,1H3/t21-/m0/s1. The minimum Gasteiger partial charge on any atom is -0.457 e. The molecule has 0 bridgehead atoms. The van der Waals surface area contributed by atoms with Gasteiger partial charge in [0.15, 0.2) is 0 Å². The van der Waals surface area contributed by atoms with Gasteiger partial charge in [0.05, 0.1) is 29.0 Å². The molecule has 2 aromatic heterocycles. The molecule has 5 rings (SSSR count). The van der Waals surface area contributed by atoms with E-state index in [1.165, 1.54) is 6.92 Å². The molecule has 0 amide bonds. The molecule has 6 nitrogen and oxygen atoms in total. The van der Waals surface area contributed by atoms with Gasteiger partial charge in [0.2, 0.25) is 0 Å². The van der Waals surface area contributed by atoms with Crippen LogP contribution in [-0.4, -0.2) is 20.6 Å². The molecule has 0 radical (unpaired) electrons. The third-order valence-electron chi connectivity index (χ3n) is 5.11. The maximum atomic E-state index is 13.1. The molecular weight excluding hydrogens is 344 g/mol. The molecule has 0 aliphatic carbocycles. The first kappa shape index (κ1) is 15.8. The number of aliphatic hydroxyl groups is 1. The van der Waals surface area contributed by atoms with Crippen LogP contribution in [0.4, 0.5) is 0 Å². The van der Waals surface area contributed by atoms with Crippen molar-refractivity contribution in [3.05, 3.63) is 63.4 Å². The third-order valence-corrected chi connectivity index (χ3v) is 5.11. The van der Waals surface area contributed by atoms with Crippen LogP contribution in [0.1, 0.15) is 23.6 Å². The summed E-state index contributed by atoms with van der Waals surface area (Å²) in [4.78, 5) is 30.0. The molecular formula is C21H14N2O4. The summed E-state index contributed by atoms with van der Waals surface area (Å²) in [5, 5.41) is 11.8. The van der Waals surface area contributed by atoms with Crippen LogP contribution in [0.3, 0.4) is 0 Å². The van der Waals surface area contributed by atoms with Gasteiger partial charge in [-0.15, -0.1) is 5.92 Å². The van der Waals surface area contributed by atoms with Gasteiger partial charge in [0, 0.05) is 16.5 Å². The predicted molar refractivity (Wildman–Crippen MR) is 97.7 cm³/mol. The lowest BCUT2D eigenvalue weighted by molar-refractivity contribution is -0.164. The molecule has 0 saturated carbocycles. The number of carbonyl (C=O) groups is 1. The second-order valence-electron chi connectivity index (χ2n) is 6.66. The first-order valence-electron chi connectivity index (χ1n) is 8.52. The maximum Gasteiger partial charge on any atom is 0.356 e. The van der Waals surface area contributed by atoms with E-state index in [1.54, 1.807) is 10.6 Å². The number of hydrogen-bond acceptors (Lipinski definition) is 5. The van der Waals surface area contributed by atoms with E-state index in [0.717, 1.165) is 16.5 Å². The van der Waals surface area contributed by atoms with E-state index in [4.69, 9.17) is 9.72 Å². The summed E-state index contributed by atoms with van der Waals surface area (Å²) in [6, 6.07) is 11.4. The van der Waals surface area contributed by atoms with Crippen molar-refractivity contribution in [2.75, 3.05) is 0 Å². The number of rotatable bonds is 0. The minimum atomic E-state index is -2.14. The first-order valence-corrected chi connectivity index (χ1v) is 8.52. The number of hydrogen-bond donors (Lipinski definition) is 1. The summed E-state index contributed by atoms with van der Waals surface area (Å²) in [6.07, 6.45) is 0. The van der Waals surface area contributed by atoms with Crippen LogP contribution in [0.2, 0.25) is 0 Å². The van der Waals surface area contributed by atoms with E-state index >= 15 is 0 Å². The fourth-order valence-corrected chi connectivity index (χ4v) is 3.83. The Morgan fingerprint density at radius 2 is 2.07 bits per heavy atom. The van der Waals surface area contributed by atoms with Gasteiger partial charge >= 0.3 is 5.97 Å². The lowest BCUT2D eigenvalue weighted by atomic mass is 9.88. The second-order valence-corrected chi connectivity index (χ2v) is 6.66. The Morgan fingerprint density at radius 3 is 2.89 bits per heavy atom. The molecule has 4 heterocycles. The fraction of sp³-hybridized carbons (Fsp3) is 0.190. The van der Waals surface area contributed by atoms with Crippen molar-refractivity contribution in [1.29, 1.82) is 0 Å². The zero-order chi connectivity index (χ0) is 18.8. The smallest absolute Gasteiger partial charge is 0.356 e. The summed E-state index contributed by atoms with van der Waals surface area (Å²) in [7, 11) is 0. The van der Waals surface area contributed by atoms with Crippen molar-refractivity contribution in [2.24, 2.45) is 0 Å². The highest BCUT2D eigenvalue weighted by molar-refractivity contribution is 5.88. The Labute approximate surface area is 154 Å². The van der Waals surface area contributed by atoms with Crippen LogP contribution >= 0.6 is 0 Å². The number of para-hydroxylation sites is 1. The zero-order valence-corrected chi connectivity index (χ0v) is 14.4. The van der Waals surface area contributed by atoms with Gasteiger partial charge in [-0.25, -0.2) is 9.78 Å². The quantitative estimate of drug-likeness (QED) is 0.382. The normalized spacial score (nSPS) is 19.6. The number of benzene rings is 1. The molecule has 0 unspecified atom stereocenters. The van der Waals surface area contributed by atoms with Crippen molar-refractivity contribution < 1.29 is 14.6 Å². The van der Waals surface area contributed by atoms with E-state index in [2.05, 4.69) is 11.8 Å². The number of fused-ring (bicyclic) bond motifs is 5. The Hall–Kier alpha value is -3.43. The number of carbonyl (C=O) groups excluding carboxylic acids is 1. The molecule has 1 N–H and O–H groups in total. The van der Waals surface area contributed by atoms with E-state index in [0.29, 0.717) is 17.9 Å². The monoisotopic (exact) mass is 358 g/mol. The number of aromatic nitrogens is 2. The van der Waals surface area contributed by atoms with E-state index in [9.17, 15) is 14.7 Å². The molecule has 3 aromatic rings. The minimum absolute atomic E-state index is 0.174. The van der Waals surface area contributed by atoms with Crippen molar-refractivity contribution in [3.63, 3.8) is 0 Å². The molecule has 6 heteroatoms. The fourth-order valence-electron chi connectivity index (χ4n) is 3.83. The van der Waals surface area contributed by atoms with Crippen LogP contribution < -0.4 is 5.56 Å². The number of esters is 1. The Kier molecular flexibility index (Phi) is 3.09. The molecule has 2 aliphatic heterocycles.